The van der Waals surface area contributed by atoms with Crippen molar-refractivity contribution in [2.45, 2.75) is 65.8 Å². The number of nitrogens with two attached hydrogens (primary N) is 1. The highest BCUT2D eigenvalue weighted by atomic mass is 16.6. The molecule has 0 fully saturated rings. The topological polar surface area (TPSA) is 129 Å². The smallest absolute Gasteiger partial charge is 0.420 e. The molecule has 0 heterocycles. The molecule has 0 saturated carbocycles. The van der Waals surface area contributed by atoms with Crippen molar-refractivity contribution in [1.29, 1.82) is 10.5 Å². The molecule has 34 heavy (non-hydrogen) atoms. The first kappa shape index (κ1) is 28.2. The average Bonchev–Trinajstić information content (AvgIpc) is 2.75. The van der Waals surface area contributed by atoms with Crippen molar-refractivity contribution < 1.29 is 19.1 Å². The van der Waals surface area contributed by atoms with E-state index in [2.05, 4.69) is 0 Å². The summed E-state index contributed by atoms with van der Waals surface area (Å²) in [6.45, 7) is 10.9. The number of imide groups is 1. The number of ether oxygens (including phenoxy) is 2. The molecule has 180 valence electrons. The van der Waals surface area contributed by atoms with Crippen LogP contribution in [-0.4, -0.2) is 28.3 Å². The minimum Gasteiger partial charge on any atom is -0.443 e. The van der Waals surface area contributed by atoms with Crippen LogP contribution in [0.25, 0.3) is 0 Å². The Morgan fingerprint density at radius 3 is 1.41 bits per heavy atom. The number of hydrogen-bond donors (Lipinski definition) is 1. The minimum absolute atomic E-state index is 0.00443. The van der Waals surface area contributed by atoms with Gasteiger partial charge in [-0.15, -0.1) is 0 Å². The van der Waals surface area contributed by atoms with E-state index in [0.717, 1.165) is 10.5 Å². The molecule has 0 saturated heterocycles. The van der Waals surface area contributed by atoms with Gasteiger partial charge in [-0.05, 0) is 76.9 Å². The van der Waals surface area contributed by atoms with E-state index in [1.165, 1.54) is 0 Å². The van der Waals surface area contributed by atoms with Gasteiger partial charge in [-0.25, -0.2) is 14.5 Å². The van der Waals surface area contributed by atoms with E-state index in [0.29, 0.717) is 23.2 Å². The molecular weight excluding hydrogens is 432 g/mol. The van der Waals surface area contributed by atoms with E-state index in [1.54, 1.807) is 77.9 Å². The normalized spacial score (nSPS) is 10.6. The fourth-order valence-corrected chi connectivity index (χ4v) is 2.42. The molecule has 2 amide bonds. The number of rotatable bonds is 3. The number of hydrogen-bond acceptors (Lipinski definition) is 7. The summed E-state index contributed by atoms with van der Waals surface area (Å²) in [6.07, 6.45) is -1.55. The lowest BCUT2D eigenvalue weighted by molar-refractivity contribution is -0.000249. The Labute approximate surface area is 201 Å². The number of nitriles is 2. The Bertz CT molecular complexity index is 1010. The van der Waals surface area contributed by atoms with Gasteiger partial charge in [0.15, 0.2) is 0 Å². The standard InChI is InChI=1S/C18H24N2O4.C8H8N2/c1-17(2,3)23-15(21)20(16(22)24-18(4,5)6)12-14-9-7-13(11-19)8-10-14;9-5-7-1-2-8(6-10)4-3-7/h7-10H,12H2,1-6H3;1-4H,5,9H2. The Kier molecular flexibility index (Phi) is 10.3. The molecule has 0 spiro atoms. The van der Waals surface area contributed by atoms with Gasteiger partial charge in [0.2, 0.25) is 0 Å². The van der Waals surface area contributed by atoms with E-state index in [4.69, 9.17) is 25.7 Å². The molecule has 2 N–H and O–H groups in total. The summed E-state index contributed by atoms with van der Waals surface area (Å²) in [5.74, 6) is 0. The zero-order chi connectivity index (χ0) is 25.9. The highest BCUT2D eigenvalue weighted by Crippen LogP contribution is 2.17. The van der Waals surface area contributed by atoms with E-state index in [9.17, 15) is 9.59 Å². The van der Waals surface area contributed by atoms with Gasteiger partial charge in [-0.1, -0.05) is 24.3 Å². The second-order valence-corrected chi connectivity index (χ2v) is 9.37. The summed E-state index contributed by atoms with van der Waals surface area (Å²) < 4.78 is 10.6. The monoisotopic (exact) mass is 464 g/mol. The second-order valence-electron chi connectivity index (χ2n) is 9.37. The zero-order valence-electron chi connectivity index (χ0n) is 20.6. The fraction of sp³-hybridized carbons (Fsp3) is 0.385. The van der Waals surface area contributed by atoms with Crippen LogP contribution in [0.15, 0.2) is 48.5 Å². The predicted molar refractivity (Wildman–Crippen MR) is 128 cm³/mol. The van der Waals surface area contributed by atoms with Gasteiger partial charge in [0.05, 0.1) is 29.8 Å². The maximum atomic E-state index is 12.4. The van der Waals surface area contributed by atoms with Gasteiger partial charge >= 0.3 is 12.2 Å². The summed E-state index contributed by atoms with van der Waals surface area (Å²) in [7, 11) is 0. The lowest BCUT2D eigenvalue weighted by Gasteiger charge is -2.28. The summed E-state index contributed by atoms with van der Waals surface area (Å²) in [5.41, 5.74) is 6.81. The second kappa shape index (κ2) is 12.4. The third kappa shape index (κ3) is 10.6. The molecule has 2 aromatic rings. The number of carbonyl (C=O) groups excluding carboxylic acids is 2. The zero-order valence-corrected chi connectivity index (χ0v) is 20.6. The molecule has 0 unspecified atom stereocenters. The first-order valence-corrected chi connectivity index (χ1v) is 10.7. The molecule has 0 atom stereocenters. The van der Waals surface area contributed by atoms with Crippen LogP contribution in [0.1, 0.15) is 63.8 Å². The highest BCUT2D eigenvalue weighted by molar-refractivity contribution is 5.88. The number of amides is 2. The van der Waals surface area contributed by atoms with Crippen molar-refractivity contribution >= 4 is 12.2 Å². The van der Waals surface area contributed by atoms with Crippen LogP contribution >= 0.6 is 0 Å². The van der Waals surface area contributed by atoms with Crippen molar-refractivity contribution in [2.75, 3.05) is 0 Å². The average molecular weight is 465 g/mol. The summed E-state index contributed by atoms with van der Waals surface area (Å²) in [6, 6.07) is 17.9. The van der Waals surface area contributed by atoms with Crippen molar-refractivity contribution in [2.24, 2.45) is 5.73 Å². The van der Waals surface area contributed by atoms with Crippen molar-refractivity contribution in [3.63, 3.8) is 0 Å². The molecule has 2 rings (SSSR count). The minimum atomic E-state index is -0.777. The Morgan fingerprint density at radius 2 is 1.12 bits per heavy atom. The fourth-order valence-electron chi connectivity index (χ4n) is 2.42. The quantitative estimate of drug-likeness (QED) is 0.657. The van der Waals surface area contributed by atoms with Gasteiger partial charge in [-0.2, -0.15) is 10.5 Å². The molecule has 0 aromatic heterocycles. The van der Waals surface area contributed by atoms with Crippen LogP contribution in [0.5, 0.6) is 0 Å². The third-order valence-corrected chi connectivity index (χ3v) is 3.97. The molecule has 2 aromatic carbocycles. The van der Waals surface area contributed by atoms with Gasteiger partial charge in [0.25, 0.3) is 0 Å². The molecular formula is C26H32N4O4. The Morgan fingerprint density at radius 1 is 0.765 bits per heavy atom. The molecule has 0 bridgehead atoms. The molecule has 8 nitrogen and oxygen atoms in total. The third-order valence-electron chi connectivity index (χ3n) is 3.97. The largest absolute Gasteiger partial charge is 0.443 e. The molecule has 0 aliphatic rings. The SMILES string of the molecule is CC(C)(C)OC(=O)N(Cc1ccc(C#N)cc1)C(=O)OC(C)(C)C.N#Cc1ccc(CN)cc1. The molecule has 0 radical (unpaired) electrons. The van der Waals surface area contributed by atoms with E-state index < -0.39 is 23.4 Å². The van der Waals surface area contributed by atoms with Crippen molar-refractivity contribution in [3.8, 4) is 12.1 Å². The predicted octanol–water partition coefficient (Wildman–Crippen LogP) is 5.25. The summed E-state index contributed by atoms with van der Waals surface area (Å²) in [4.78, 5) is 25.6. The van der Waals surface area contributed by atoms with Crippen LogP contribution in [0.4, 0.5) is 9.59 Å². The lowest BCUT2D eigenvalue weighted by Crippen LogP contribution is -2.43. The number of benzene rings is 2. The van der Waals surface area contributed by atoms with Crippen LogP contribution in [0, 0.1) is 22.7 Å². The van der Waals surface area contributed by atoms with Crippen molar-refractivity contribution in [1.82, 2.24) is 4.90 Å². The van der Waals surface area contributed by atoms with Gasteiger partial charge in [0.1, 0.15) is 11.2 Å². The first-order chi connectivity index (χ1) is 15.8. The van der Waals surface area contributed by atoms with Crippen LogP contribution in [0.3, 0.4) is 0 Å². The lowest BCUT2D eigenvalue weighted by atomic mass is 10.1. The van der Waals surface area contributed by atoms with Crippen LogP contribution in [-0.2, 0) is 22.6 Å². The molecule has 8 heteroatoms. The first-order valence-electron chi connectivity index (χ1n) is 10.7. The summed E-state index contributed by atoms with van der Waals surface area (Å²) >= 11 is 0. The van der Waals surface area contributed by atoms with Gasteiger partial charge in [0, 0.05) is 6.54 Å². The van der Waals surface area contributed by atoms with Crippen molar-refractivity contribution in [3.05, 3.63) is 70.8 Å². The molecule has 0 aliphatic carbocycles. The van der Waals surface area contributed by atoms with Gasteiger partial charge in [-0.3, -0.25) is 0 Å². The summed E-state index contributed by atoms with van der Waals surface area (Å²) in [5, 5.41) is 17.3. The molecule has 0 aliphatic heterocycles. The van der Waals surface area contributed by atoms with Gasteiger partial charge < -0.3 is 15.2 Å². The maximum absolute atomic E-state index is 12.4. The van der Waals surface area contributed by atoms with Crippen LogP contribution in [0.2, 0.25) is 0 Å². The number of carbonyl (C=O) groups is 2. The van der Waals surface area contributed by atoms with E-state index in [-0.39, 0.29) is 6.54 Å². The number of nitrogens with zero attached hydrogens (tertiary/aromatic N) is 3. The Hall–Kier alpha value is -3.88. The van der Waals surface area contributed by atoms with E-state index in [1.807, 2.05) is 24.3 Å². The maximum Gasteiger partial charge on any atom is 0.420 e. The highest BCUT2D eigenvalue weighted by Gasteiger charge is 2.31. The Balaban J connectivity index is 0.000000479. The van der Waals surface area contributed by atoms with Crippen LogP contribution < -0.4 is 5.73 Å². The van der Waals surface area contributed by atoms with E-state index >= 15 is 0 Å².